The van der Waals surface area contributed by atoms with Crippen LogP contribution in [0.2, 0.25) is 0 Å². The van der Waals surface area contributed by atoms with E-state index in [1.165, 1.54) is 10.8 Å². The summed E-state index contributed by atoms with van der Waals surface area (Å²) >= 11 is 0. The second kappa shape index (κ2) is 11.0. The van der Waals surface area contributed by atoms with Crippen LogP contribution < -0.4 is 0 Å². The predicted molar refractivity (Wildman–Crippen MR) is 178 cm³/mol. The van der Waals surface area contributed by atoms with Crippen LogP contribution >= 0.6 is 0 Å². The Bertz CT molecular complexity index is 2110. The zero-order valence-corrected chi connectivity index (χ0v) is 23.7. The van der Waals surface area contributed by atoms with Crippen molar-refractivity contribution in [1.82, 2.24) is 24.9 Å². The molecule has 0 fully saturated rings. The largest absolute Gasteiger partial charge is 0.256 e. The van der Waals surface area contributed by atoms with E-state index in [4.69, 9.17) is 15.0 Å². The lowest BCUT2D eigenvalue weighted by molar-refractivity contribution is 1.07. The van der Waals surface area contributed by atoms with Crippen LogP contribution in [-0.4, -0.2) is 24.9 Å². The summed E-state index contributed by atoms with van der Waals surface area (Å²) in [6.45, 7) is 0. The highest BCUT2D eigenvalue weighted by atomic mass is 15.0. The molecule has 0 unspecified atom stereocenters. The minimum Gasteiger partial charge on any atom is -0.256 e. The Kier molecular flexibility index (Phi) is 6.39. The van der Waals surface area contributed by atoms with Crippen LogP contribution in [0.1, 0.15) is 0 Å². The summed E-state index contributed by atoms with van der Waals surface area (Å²) in [5, 5.41) is 4.58. The molecule has 0 bridgehead atoms. The molecule has 5 nitrogen and oxygen atoms in total. The summed E-state index contributed by atoms with van der Waals surface area (Å²) in [5.41, 5.74) is 6.75. The van der Waals surface area contributed by atoms with Gasteiger partial charge in [0.15, 0.2) is 17.5 Å². The van der Waals surface area contributed by atoms with Crippen molar-refractivity contribution >= 4 is 21.5 Å². The van der Waals surface area contributed by atoms with Gasteiger partial charge in [-0.3, -0.25) is 9.97 Å². The zero-order valence-electron chi connectivity index (χ0n) is 23.7. The quantitative estimate of drug-likeness (QED) is 0.209. The first-order valence-electron chi connectivity index (χ1n) is 14.5. The van der Waals surface area contributed by atoms with Crippen LogP contribution in [-0.2, 0) is 0 Å². The first kappa shape index (κ1) is 25.6. The molecule has 0 saturated carbocycles. The van der Waals surface area contributed by atoms with Gasteiger partial charge in [-0.05, 0) is 22.9 Å². The van der Waals surface area contributed by atoms with Gasteiger partial charge in [0.2, 0.25) is 0 Å². The Morgan fingerprint density at radius 2 is 0.659 bits per heavy atom. The van der Waals surface area contributed by atoms with Gasteiger partial charge < -0.3 is 0 Å². The Hall–Kier alpha value is -6.07. The molecule has 8 aromatic rings. The Labute approximate surface area is 254 Å². The molecule has 0 aliphatic rings. The molecule has 5 aromatic carbocycles. The Balaban J connectivity index is 1.19. The predicted octanol–water partition coefficient (Wildman–Crippen LogP) is 9.30. The third-order valence-corrected chi connectivity index (χ3v) is 7.85. The van der Waals surface area contributed by atoms with Crippen molar-refractivity contribution in [3.63, 3.8) is 0 Å². The monoisotopic (exact) mass is 563 g/mol. The topological polar surface area (TPSA) is 64.5 Å². The number of hydrogen-bond acceptors (Lipinski definition) is 5. The smallest absolute Gasteiger partial charge is 0.164 e. The van der Waals surface area contributed by atoms with Crippen molar-refractivity contribution in [2.75, 3.05) is 0 Å². The molecule has 0 N–H and O–H groups in total. The molecule has 0 amide bonds. The fourth-order valence-corrected chi connectivity index (χ4v) is 5.60. The van der Waals surface area contributed by atoms with Crippen molar-refractivity contribution in [2.24, 2.45) is 0 Å². The molecule has 0 aliphatic carbocycles. The van der Waals surface area contributed by atoms with E-state index in [0.29, 0.717) is 17.5 Å². The van der Waals surface area contributed by atoms with Gasteiger partial charge in [-0.15, -0.1) is 0 Å². The van der Waals surface area contributed by atoms with Crippen LogP contribution in [0.3, 0.4) is 0 Å². The summed E-state index contributed by atoms with van der Waals surface area (Å²) in [5.74, 6) is 1.86. The number of aromatic nitrogens is 5. The maximum Gasteiger partial charge on any atom is 0.164 e. The van der Waals surface area contributed by atoms with Crippen LogP contribution in [0, 0.1) is 0 Å². The molecule has 8 rings (SSSR count). The van der Waals surface area contributed by atoms with Gasteiger partial charge in [-0.25, -0.2) is 15.0 Å². The second-order valence-corrected chi connectivity index (χ2v) is 10.6. The van der Waals surface area contributed by atoms with Crippen LogP contribution in [0.5, 0.6) is 0 Å². The van der Waals surface area contributed by atoms with Crippen LogP contribution in [0.4, 0.5) is 0 Å². The average Bonchev–Trinajstić information content (AvgIpc) is 3.11. The third-order valence-electron chi connectivity index (χ3n) is 7.85. The third kappa shape index (κ3) is 4.76. The van der Waals surface area contributed by atoms with E-state index in [9.17, 15) is 0 Å². The van der Waals surface area contributed by atoms with Gasteiger partial charge in [0.05, 0.1) is 11.4 Å². The highest BCUT2D eigenvalue weighted by Gasteiger charge is 2.14. The SMILES string of the molecule is c1ccc(-c2nc(-c3ccc(-c4nccc5ccccc45)cc3)nc(-c3ccc(-c4nccc5ccccc45)cc3)n2)cc1. The summed E-state index contributed by atoms with van der Waals surface area (Å²) in [4.78, 5) is 24.1. The summed E-state index contributed by atoms with van der Waals surface area (Å²) in [6, 6.07) is 47.3. The van der Waals surface area contributed by atoms with Crippen molar-refractivity contribution in [3.05, 3.63) is 152 Å². The number of pyridine rings is 2. The Morgan fingerprint density at radius 3 is 1.11 bits per heavy atom. The van der Waals surface area contributed by atoms with Crippen molar-refractivity contribution in [2.45, 2.75) is 0 Å². The normalized spacial score (nSPS) is 11.2. The lowest BCUT2D eigenvalue weighted by Crippen LogP contribution is -2.00. The maximum absolute atomic E-state index is 4.95. The number of hydrogen-bond donors (Lipinski definition) is 0. The summed E-state index contributed by atoms with van der Waals surface area (Å²) in [7, 11) is 0. The van der Waals surface area contributed by atoms with E-state index in [2.05, 4.69) is 82.8 Å². The van der Waals surface area contributed by atoms with Gasteiger partial charge in [0.25, 0.3) is 0 Å². The Morgan fingerprint density at radius 1 is 0.295 bits per heavy atom. The van der Waals surface area contributed by atoms with Crippen molar-refractivity contribution < 1.29 is 0 Å². The first-order valence-corrected chi connectivity index (χ1v) is 14.5. The summed E-state index contributed by atoms with van der Waals surface area (Å²) in [6.07, 6.45) is 3.72. The molecule has 206 valence electrons. The molecular weight excluding hydrogens is 538 g/mol. The van der Waals surface area contributed by atoms with Gasteiger partial charge >= 0.3 is 0 Å². The van der Waals surface area contributed by atoms with Gasteiger partial charge in [0, 0.05) is 51.0 Å². The van der Waals surface area contributed by atoms with E-state index >= 15 is 0 Å². The first-order chi connectivity index (χ1) is 21.8. The standard InChI is InChI=1S/C39H25N5/c1-2-10-30(11-3-1)37-42-38(31-18-14-28(15-19-31)35-33-12-6-4-8-26(33)22-24-40-35)44-39(43-37)32-20-16-29(17-21-32)36-34-13-7-5-9-27(34)23-25-41-36/h1-25H. The molecule has 3 aromatic heterocycles. The highest BCUT2D eigenvalue weighted by Crippen LogP contribution is 2.31. The van der Waals surface area contributed by atoms with E-state index < -0.39 is 0 Å². The molecule has 0 spiro atoms. The van der Waals surface area contributed by atoms with Crippen molar-refractivity contribution in [1.29, 1.82) is 0 Å². The van der Waals surface area contributed by atoms with Gasteiger partial charge in [-0.1, -0.05) is 127 Å². The van der Waals surface area contributed by atoms with Gasteiger partial charge in [0.1, 0.15) is 0 Å². The van der Waals surface area contributed by atoms with E-state index in [1.54, 1.807) is 0 Å². The second-order valence-electron chi connectivity index (χ2n) is 10.6. The molecule has 0 atom stereocenters. The molecule has 5 heteroatoms. The summed E-state index contributed by atoms with van der Waals surface area (Å²) < 4.78 is 0. The minimum absolute atomic E-state index is 0.617. The molecule has 0 aliphatic heterocycles. The van der Waals surface area contributed by atoms with Crippen LogP contribution in [0.25, 0.3) is 78.2 Å². The highest BCUT2D eigenvalue weighted by molar-refractivity contribution is 5.95. The molecule has 0 saturated heterocycles. The van der Waals surface area contributed by atoms with E-state index in [-0.39, 0.29) is 0 Å². The van der Waals surface area contributed by atoms with E-state index in [0.717, 1.165) is 50.0 Å². The molecule has 44 heavy (non-hydrogen) atoms. The number of rotatable bonds is 5. The fraction of sp³-hybridized carbons (Fsp3) is 0. The average molecular weight is 564 g/mol. The lowest BCUT2D eigenvalue weighted by Gasteiger charge is -2.10. The van der Waals surface area contributed by atoms with Gasteiger partial charge in [-0.2, -0.15) is 0 Å². The lowest BCUT2D eigenvalue weighted by atomic mass is 10.0. The van der Waals surface area contributed by atoms with E-state index in [1.807, 2.05) is 79.1 Å². The fourth-order valence-electron chi connectivity index (χ4n) is 5.60. The zero-order chi connectivity index (χ0) is 29.3. The molecular formula is C39H25N5. The van der Waals surface area contributed by atoms with Crippen molar-refractivity contribution in [3.8, 4) is 56.7 Å². The molecule has 3 heterocycles. The van der Waals surface area contributed by atoms with Crippen LogP contribution in [0.15, 0.2) is 152 Å². The minimum atomic E-state index is 0.617. The number of nitrogens with zero attached hydrogens (tertiary/aromatic N) is 5. The maximum atomic E-state index is 4.95. The number of benzene rings is 5. The number of fused-ring (bicyclic) bond motifs is 2. The molecule has 0 radical (unpaired) electrons.